The molecule has 8 bridgehead atoms. The van der Waals surface area contributed by atoms with Crippen molar-refractivity contribution in [1.29, 1.82) is 0 Å². The highest BCUT2D eigenvalue weighted by molar-refractivity contribution is 6.09. The van der Waals surface area contributed by atoms with Gasteiger partial charge in [0.2, 0.25) is 0 Å². The van der Waals surface area contributed by atoms with E-state index in [1.165, 1.54) is 105 Å². The lowest BCUT2D eigenvalue weighted by Gasteiger charge is -2.20. The van der Waals surface area contributed by atoms with Crippen molar-refractivity contribution in [1.82, 2.24) is 34.9 Å². The van der Waals surface area contributed by atoms with E-state index < -0.39 is 0 Å². The Hall–Kier alpha value is -5.69. The predicted molar refractivity (Wildman–Crippen MR) is 302 cm³/mol. The van der Waals surface area contributed by atoms with Crippen LogP contribution in [0.2, 0.25) is 0 Å². The van der Waals surface area contributed by atoms with E-state index in [0.717, 1.165) is 84.8 Å². The maximum absolute atomic E-state index is 5.68. The molecule has 0 amide bonds. The molecule has 5 heterocycles. The number of aromatic nitrogens is 7. The summed E-state index contributed by atoms with van der Waals surface area (Å²) in [5.74, 6) is 2.01. The fourth-order valence-electron chi connectivity index (χ4n) is 10.6. The Labute approximate surface area is 424 Å². The number of unbranched alkanes of at least 4 members (excludes halogenated alkanes) is 12. The van der Waals surface area contributed by atoms with Gasteiger partial charge in [-0.1, -0.05) is 216 Å². The lowest BCUT2D eigenvalue weighted by atomic mass is 9.84. The number of benzene rings is 4. The SMILES string of the molecule is CCCCCCCCCCCCCCCc1c2nc(nc3[nH]c(nc4nc(nc5[nH]c1c1ccc(C(C)(C)C)cc51)-c1ccc(C(C)(C)C)cc1-4)c1ccc(C(C)(C)C)cc31)-c1ccc(C(C)(C)C)cc1-2. The first-order valence-corrected chi connectivity index (χ1v) is 27.2. The molecule has 71 heavy (non-hydrogen) atoms. The maximum atomic E-state index is 5.68. The average Bonchev–Trinajstić information content (AvgIpc) is 4.05. The van der Waals surface area contributed by atoms with Crippen LogP contribution >= 0.6 is 0 Å². The summed E-state index contributed by atoms with van der Waals surface area (Å²) < 4.78 is 0. The van der Waals surface area contributed by atoms with Crippen molar-refractivity contribution in [3.63, 3.8) is 0 Å². The first-order valence-electron chi connectivity index (χ1n) is 27.2. The number of nitrogens with one attached hydrogen (secondary N) is 2. The molecule has 372 valence electrons. The zero-order chi connectivity index (χ0) is 50.5. The van der Waals surface area contributed by atoms with Gasteiger partial charge in [0.15, 0.2) is 17.5 Å². The number of rotatable bonds is 14. The first kappa shape index (κ1) is 50.3. The molecule has 0 saturated carbocycles. The highest BCUT2D eigenvalue weighted by Gasteiger charge is 2.28. The Morgan fingerprint density at radius 3 is 1.28 bits per heavy atom. The highest BCUT2D eigenvalue weighted by Crippen LogP contribution is 2.44. The molecule has 7 aromatic rings. The van der Waals surface area contributed by atoms with E-state index in [-0.39, 0.29) is 21.7 Å². The summed E-state index contributed by atoms with van der Waals surface area (Å²) in [5, 5.41) is 4.26. The zero-order valence-electron chi connectivity index (χ0n) is 45.6. The quantitative estimate of drug-likeness (QED) is 0.106. The highest BCUT2D eigenvalue weighted by atomic mass is 15.0. The molecule has 9 rings (SSSR count). The van der Waals surface area contributed by atoms with Crippen molar-refractivity contribution < 1.29 is 0 Å². The van der Waals surface area contributed by atoms with E-state index in [1.54, 1.807) is 0 Å². The first-order chi connectivity index (χ1) is 33.7. The number of hydrogen-bond donors (Lipinski definition) is 2. The van der Waals surface area contributed by atoms with Crippen LogP contribution in [0.25, 0.3) is 89.4 Å². The van der Waals surface area contributed by atoms with Gasteiger partial charge in [-0.3, -0.25) is 0 Å². The molecule has 3 aromatic heterocycles. The second-order valence-electron chi connectivity index (χ2n) is 25.1. The van der Waals surface area contributed by atoms with Gasteiger partial charge in [-0.15, -0.1) is 0 Å². The summed E-state index contributed by atoms with van der Waals surface area (Å²) in [6.07, 6.45) is 18.0. The van der Waals surface area contributed by atoms with Crippen LogP contribution in [0.3, 0.4) is 0 Å². The molecule has 0 unspecified atom stereocenters. The number of nitrogens with zero attached hydrogens (tertiary/aromatic N) is 5. The van der Waals surface area contributed by atoms with Crippen LogP contribution in [0.4, 0.5) is 0 Å². The summed E-state index contributed by atoms with van der Waals surface area (Å²) in [5.41, 5.74) is 14.5. The minimum atomic E-state index is -0.0706. The zero-order valence-corrected chi connectivity index (χ0v) is 45.6. The van der Waals surface area contributed by atoms with Crippen molar-refractivity contribution in [2.45, 2.75) is 202 Å². The molecular weight excluding hydrogens is 867 g/mol. The van der Waals surface area contributed by atoms with Crippen LogP contribution in [-0.2, 0) is 28.1 Å². The van der Waals surface area contributed by atoms with Gasteiger partial charge in [-0.05, 0) is 81.0 Å². The third kappa shape index (κ3) is 10.6. The second kappa shape index (κ2) is 19.7. The lowest BCUT2D eigenvalue weighted by Crippen LogP contribution is -2.11. The van der Waals surface area contributed by atoms with E-state index in [1.807, 2.05) is 0 Å². The molecule has 0 saturated heterocycles. The van der Waals surface area contributed by atoms with Crippen LogP contribution in [0, 0.1) is 0 Å². The summed E-state index contributed by atoms with van der Waals surface area (Å²) in [6, 6.07) is 27.3. The van der Waals surface area contributed by atoms with E-state index in [4.69, 9.17) is 24.9 Å². The summed E-state index contributed by atoms with van der Waals surface area (Å²) in [6.45, 7) is 29.6. The molecule has 2 aliphatic heterocycles. The van der Waals surface area contributed by atoms with Crippen molar-refractivity contribution in [2.24, 2.45) is 0 Å². The molecule has 4 aromatic carbocycles. The molecule has 7 nitrogen and oxygen atoms in total. The second-order valence-corrected chi connectivity index (χ2v) is 25.1. The smallest absolute Gasteiger partial charge is 0.164 e. The van der Waals surface area contributed by atoms with Gasteiger partial charge in [-0.25, -0.2) is 24.9 Å². The number of aromatic amines is 2. The van der Waals surface area contributed by atoms with Crippen molar-refractivity contribution in [3.8, 4) is 45.4 Å². The summed E-state index contributed by atoms with van der Waals surface area (Å²) >= 11 is 0. The molecule has 0 fully saturated rings. The Bertz CT molecular complexity index is 3260. The van der Waals surface area contributed by atoms with Crippen molar-refractivity contribution in [3.05, 3.63) is 101 Å². The molecule has 2 aliphatic rings. The van der Waals surface area contributed by atoms with Crippen LogP contribution in [0.15, 0.2) is 72.8 Å². The van der Waals surface area contributed by atoms with E-state index in [2.05, 4.69) is 173 Å². The molecule has 0 spiro atoms. The van der Waals surface area contributed by atoms with Gasteiger partial charge in [-0.2, -0.15) is 0 Å². The largest absolute Gasteiger partial charge is 0.339 e. The Morgan fingerprint density at radius 2 is 0.746 bits per heavy atom. The molecule has 7 heteroatoms. The van der Waals surface area contributed by atoms with E-state index in [0.29, 0.717) is 17.5 Å². The van der Waals surface area contributed by atoms with Gasteiger partial charge in [0.25, 0.3) is 0 Å². The van der Waals surface area contributed by atoms with Gasteiger partial charge in [0.1, 0.15) is 16.9 Å². The van der Waals surface area contributed by atoms with Gasteiger partial charge >= 0.3 is 0 Å². The minimum absolute atomic E-state index is 0.0594. The van der Waals surface area contributed by atoms with Crippen LogP contribution in [0.5, 0.6) is 0 Å². The van der Waals surface area contributed by atoms with Gasteiger partial charge in [0, 0.05) is 49.4 Å². The third-order valence-corrected chi connectivity index (χ3v) is 15.2. The Balaban J connectivity index is 1.29. The molecule has 2 N–H and O–H groups in total. The summed E-state index contributed by atoms with van der Waals surface area (Å²) in [7, 11) is 0. The fourth-order valence-corrected chi connectivity index (χ4v) is 10.6. The number of aryl methyl sites for hydroxylation is 1. The standard InChI is InChI=1S/C64H81N7/c1-14-15-16-17-18-19-20-21-22-23-24-25-26-27-48-53-44-32-28-41(62(5,6)7)37-50(44)58(65-53)68-56-46-34-30-43(64(11,12)13)39-52(46)60(69-56)71-57-47-35-31-42(63(8,9)10)38-51(47)59(70-57)67-55-45-33-29-40(61(2,3)4)36-49(45)54(48)66-55/h28-39H,14-27H2,1-13H3,(H2,65,66,67,68,69,70,71). The monoisotopic (exact) mass is 948 g/mol. The molecular formula is C64H81N7. The van der Waals surface area contributed by atoms with E-state index >= 15 is 0 Å². The maximum Gasteiger partial charge on any atom is 0.164 e. The Morgan fingerprint density at radius 1 is 0.352 bits per heavy atom. The molecule has 0 atom stereocenters. The number of hydrogen-bond acceptors (Lipinski definition) is 5. The summed E-state index contributed by atoms with van der Waals surface area (Å²) in [4.78, 5) is 35.3. The number of fused-ring (bicyclic) bond motifs is 20. The normalized spacial score (nSPS) is 13.1. The van der Waals surface area contributed by atoms with Gasteiger partial charge in [0.05, 0.1) is 11.2 Å². The predicted octanol–water partition coefficient (Wildman–Crippen LogP) is 18.3. The lowest BCUT2D eigenvalue weighted by molar-refractivity contribution is 0.539. The van der Waals surface area contributed by atoms with E-state index in [9.17, 15) is 0 Å². The average molecular weight is 948 g/mol. The fraction of sp³-hybridized carbons (Fsp3) is 0.484. The topological polar surface area (TPSA) is 96.0 Å². The minimum Gasteiger partial charge on any atom is -0.339 e. The van der Waals surface area contributed by atoms with Crippen molar-refractivity contribution >= 4 is 44.0 Å². The Kier molecular flexibility index (Phi) is 14.0. The van der Waals surface area contributed by atoms with Gasteiger partial charge < -0.3 is 9.97 Å². The van der Waals surface area contributed by atoms with Crippen LogP contribution in [0.1, 0.15) is 201 Å². The van der Waals surface area contributed by atoms with Crippen LogP contribution < -0.4 is 0 Å². The van der Waals surface area contributed by atoms with Crippen molar-refractivity contribution in [2.75, 3.05) is 0 Å². The number of H-pyrrole nitrogens is 2. The molecule has 0 radical (unpaired) electrons. The third-order valence-electron chi connectivity index (χ3n) is 15.2. The molecule has 0 aliphatic carbocycles. The van der Waals surface area contributed by atoms with Crippen LogP contribution in [-0.4, -0.2) is 34.9 Å².